The molecule has 1 atom stereocenters. The summed E-state index contributed by atoms with van der Waals surface area (Å²) in [7, 11) is 0. The molecule has 0 spiro atoms. The SMILES string of the molecule is C=CCC(N)C(=O)Nc1ccc(C#N)cc1[N+](=O)[O-]. The Morgan fingerprint density at radius 1 is 1.68 bits per heavy atom. The zero-order valence-electron chi connectivity index (χ0n) is 10.00. The Kier molecular flexibility index (Phi) is 4.74. The lowest BCUT2D eigenvalue weighted by atomic mass is 10.1. The molecule has 0 aromatic heterocycles. The van der Waals surface area contributed by atoms with Gasteiger partial charge in [0.05, 0.1) is 22.6 Å². The Hall–Kier alpha value is -2.72. The van der Waals surface area contributed by atoms with Gasteiger partial charge in [-0.3, -0.25) is 14.9 Å². The van der Waals surface area contributed by atoms with E-state index in [9.17, 15) is 14.9 Å². The van der Waals surface area contributed by atoms with Crippen molar-refractivity contribution in [2.75, 3.05) is 5.32 Å². The summed E-state index contributed by atoms with van der Waals surface area (Å²) < 4.78 is 0. The molecule has 0 saturated heterocycles. The molecule has 0 heterocycles. The van der Waals surface area contributed by atoms with Gasteiger partial charge in [-0.1, -0.05) is 6.08 Å². The van der Waals surface area contributed by atoms with E-state index in [4.69, 9.17) is 11.0 Å². The predicted molar refractivity (Wildman–Crippen MR) is 69.2 cm³/mol. The normalized spacial score (nSPS) is 11.2. The highest BCUT2D eigenvalue weighted by atomic mass is 16.6. The van der Waals surface area contributed by atoms with Crippen LogP contribution in [-0.2, 0) is 4.79 Å². The maximum Gasteiger partial charge on any atom is 0.294 e. The molecule has 7 nitrogen and oxygen atoms in total. The Labute approximate surface area is 109 Å². The van der Waals surface area contributed by atoms with E-state index in [1.807, 2.05) is 0 Å². The Bertz CT molecular complexity index is 563. The Morgan fingerprint density at radius 2 is 2.37 bits per heavy atom. The molecule has 0 bridgehead atoms. The van der Waals surface area contributed by atoms with Crippen molar-refractivity contribution in [1.82, 2.24) is 0 Å². The van der Waals surface area contributed by atoms with Gasteiger partial charge in [-0.25, -0.2) is 0 Å². The predicted octanol–water partition coefficient (Wildman–Crippen LogP) is 1.31. The molecule has 0 fully saturated rings. The number of nitriles is 1. The number of anilines is 1. The van der Waals surface area contributed by atoms with E-state index in [1.165, 1.54) is 18.2 Å². The molecule has 1 rings (SSSR count). The van der Waals surface area contributed by atoms with E-state index in [0.29, 0.717) is 0 Å². The summed E-state index contributed by atoms with van der Waals surface area (Å²) in [5.74, 6) is -0.548. The fourth-order valence-corrected chi connectivity index (χ4v) is 1.37. The number of nitrogens with zero attached hydrogens (tertiary/aromatic N) is 2. The van der Waals surface area contributed by atoms with Crippen molar-refractivity contribution >= 4 is 17.3 Å². The highest BCUT2D eigenvalue weighted by Crippen LogP contribution is 2.25. The lowest BCUT2D eigenvalue weighted by Crippen LogP contribution is -2.35. The van der Waals surface area contributed by atoms with E-state index < -0.39 is 16.9 Å². The Morgan fingerprint density at radius 3 is 2.89 bits per heavy atom. The van der Waals surface area contributed by atoms with Gasteiger partial charge in [0.15, 0.2) is 0 Å². The van der Waals surface area contributed by atoms with Crippen LogP contribution in [0, 0.1) is 21.4 Å². The van der Waals surface area contributed by atoms with Crippen molar-refractivity contribution in [3.8, 4) is 6.07 Å². The number of nitrogens with two attached hydrogens (primary N) is 1. The molecule has 19 heavy (non-hydrogen) atoms. The van der Waals surface area contributed by atoms with Crippen molar-refractivity contribution in [2.45, 2.75) is 12.5 Å². The van der Waals surface area contributed by atoms with Gasteiger partial charge in [-0.15, -0.1) is 6.58 Å². The summed E-state index contributed by atoms with van der Waals surface area (Å²) in [5.41, 5.74) is 5.35. The number of nitrogens with one attached hydrogen (secondary N) is 1. The van der Waals surface area contributed by atoms with Crippen molar-refractivity contribution in [3.05, 3.63) is 46.5 Å². The van der Waals surface area contributed by atoms with Crippen LogP contribution in [0.5, 0.6) is 0 Å². The van der Waals surface area contributed by atoms with Gasteiger partial charge in [-0.2, -0.15) is 5.26 Å². The molecule has 0 aliphatic rings. The van der Waals surface area contributed by atoms with Crippen molar-refractivity contribution in [2.24, 2.45) is 5.73 Å². The number of nitro groups is 1. The Balaban J connectivity index is 3.01. The minimum Gasteiger partial charge on any atom is -0.320 e. The molecular weight excluding hydrogens is 248 g/mol. The van der Waals surface area contributed by atoms with E-state index in [2.05, 4.69) is 11.9 Å². The number of carbonyl (C=O) groups excluding carboxylic acids is 1. The van der Waals surface area contributed by atoms with Crippen LogP contribution in [0.1, 0.15) is 12.0 Å². The van der Waals surface area contributed by atoms with Crippen LogP contribution >= 0.6 is 0 Å². The topological polar surface area (TPSA) is 122 Å². The molecule has 0 aliphatic carbocycles. The highest BCUT2D eigenvalue weighted by molar-refractivity contribution is 5.96. The van der Waals surface area contributed by atoms with Gasteiger partial charge in [-0.05, 0) is 18.6 Å². The van der Waals surface area contributed by atoms with Gasteiger partial charge < -0.3 is 11.1 Å². The van der Waals surface area contributed by atoms with Crippen LogP contribution in [0.4, 0.5) is 11.4 Å². The van der Waals surface area contributed by atoms with Crippen LogP contribution in [0.15, 0.2) is 30.9 Å². The number of carbonyl (C=O) groups is 1. The van der Waals surface area contributed by atoms with Crippen molar-refractivity contribution in [3.63, 3.8) is 0 Å². The maximum absolute atomic E-state index is 11.7. The minimum atomic E-state index is -0.826. The fraction of sp³-hybridized carbons (Fsp3) is 0.167. The standard InChI is InChI=1S/C12H12N4O3/c1-2-3-9(14)12(17)15-10-5-4-8(7-13)6-11(10)16(18)19/h2,4-6,9H,1,3,14H2,(H,15,17). The van der Waals surface area contributed by atoms with E-state index in [1.54, 1.807) is 6.07 Å². The first-order valence-electron chi connectivity index (χ1n) is 5.35. The zero-order valence-corrected chi connectivity index (χ0v) is 10.00. The summed E-state index contributed by atoms with van der Waals surface area (Å²) in [6, 6.07) is 4.73. The highest BCUT2D eigenvalue weighted by Gasteiger charge is 2.19. The van der Waals surface area contributed by atoms with Gasteiger partial charge in [0.2, 0.25) is 5.91 Å². The molecule has 1 aromatic carbocycles. The molecule has 1 amide bonds. The average molecular weight is 260 g/mol. The second kappa shape index (κ2) is 6.28. The molecule has 3 N–H and O–H groups in total. The molecular formula is C12H12N4O3. The number of rotatable bonds is 5. The van der Waals surface area contributed by atoms with E-state index in [0.717, 1.165) is 6.07 Å². The van der Waals surface area contributed by atoms with Crippen LogP contribution in [0.2, 0.25) is 0 Å². The van der Waals surface area contributed by atoms with Crippen molar-refractivity contribution < 1.29 is 9.72 Å². The molecule has 0 aliphatic heterocycles. The van der Waals surface area contributed by atoms with Gasteiger partial charge >= 0.3 is 0 Å². The summed E-state index contributed by atoms with van der Waals surface area (Å²) in [4.78, 5) is 21.9. The third-order valence-electron chi connectivity index (χ3n) is 2.34. The molecule has 1 unspecified atom stereocenters. The fourth-order valence-electron chi connectivity index (χ4n) is 1.37. The number of benzene rings is 1. The zero-order chi connectivity index (χ0) is 14.4. The van der Waals surface area contributed by atoms with E-state index >= 15 is 0 Å². The summed E-state index contributed by atoms with van der Waals surface area (Å²) in [5, 5.41) is 21.9. The lowest BCUT2D eigenvalue weighted by Gasteiger charge is -2.10. The molecule has 98 valence electrons. The minimum absolute atomic E-state index is 0.00788. The van der Waals surface area contributed by atoms with Crippen LogP contribution in [0.3, 0.4) is 0 Å². The smallest absolute Gasteiger partial charge is 0.294 e. The summed E-state index contributed by atoms with van der Waals surface area (Å²) >= 11 is 0. The first-order valence-corrected chi connectivity index (χ1v) is 5.35. The number of hydrogen-bond donors (Lipinski definition) is 2. The third-order valence-corrected chi connectivity index (χ3v) is 2.34. The number of hydrogen-bond acceptors (Lipinski definition) is 5. The summed E-state index contributed by atoms with van der Waals surface area (Å²) in [6.45, 7) is 3.45. The second-order valence-corrected chi connectivity index (χ2v) is 3.72. The lowest BCUT2D eigenvalue weighted by molar-refractivity contribution is -0.383. The molecule has 0 radical (unpaired) electrons. The third kappa shape index (κ3) is 3.62. The second-order valence-electron chi connectivity index (χ2n) is 3.72. The van der Waals surface area contributed by atoms with Crippen LogP contribution in [-0.4, -0.2) is 16.9 Å². The number of amides is 1. The van der Waals surface area contributed by atoms with Crippen LogP contribution < -0.4 is 11.1 Å². The maximum atomic E-state index is 11.7. The quantitative estimate of drug-likeness (QED) is 0.469. The van der Waals surface area contributed by atoms with Crippen LogP contribution in [0.25, 0.3) is 0 Å². The number of nitro benzene ring substituents is 1. The average Bonchev–Trinajstić information content (AvgIpc) is 2.39. The van der Waals surface area contributed by atoms with Crippen molar-refractivity contribution in [1.29, 1.82) is 5.26 Å². The summed E-state index contributed by atoms with van der Waals surface area (Å²) in [6.07, 6.45) is 1.74. The first kappa shape index (κ1) is 14.3. The van der Waals surface area contributed by atoms with Gasteiger partial charge in [0.1, 0.15) is 5.69 Å². The van der Waals surface area contributed by atoms with Gasteiger partial charge in [0.25, 0.3) is 5.69 Å². The van der Waals surface area contributed by atoms with E-state index in [-0.39, 0.29) is 23.4 Å². The first-order chi connectivity index (χ1) is 8.99. The monoisotopic (exact) mass is 260 g/mol. The molecule has 0 saturated carbocycles. The van der Waals surface area contributed by atoms with Gasteiger partial charge in [0, 0.05) is 6.07 Å². The molecule has 7 heteroatoms. The molecule has 1 aromatic rings. The largest absolute Gasteiger partial charge is 0.320 e.